The number of aryl methyl sites for hydroxylation is 1. The fourth-order valence-corrected chi connectivity index (χ4v) is 3.54. The highest BCUT2D eigenvalue weighted by Gasteiger charge is 2.11. The number of benzene rings is 2. The van der Waals surface area contributed by atoms with E-state index in [0.717, 1.165) is 16.8 Å². The van der Waals surface area contributed by atoms with Gasteiger partial charge in [0.2, 0.25) is 10.0 Å². The van der Waals surface area contributed by atoms with Gasteiger partial charge in [-0.05, 0) is 35.2 Å². The highest BCUT2D eigenvalue weighted by atomic mass is 32.2. The predicted octanol–water partition coefficient (Wildman–Crippen LogP) is 2.04. The molecule has 0 atom stereocenters. The van der Waals surface area contributed by atoms with E-state index in [0.29, 0.717) is 12.0 Å². The van der Waals surface area contributed by atoms with Crippen molar-refractivity contribution in [3.05, 3.63) is 65.2 Å². The Morgan fingerprint density at radius 2 is 1.69 bits per heavy atom. The molecule has 0 spiro atoms. The Kier molecular flexibility index (Phi) is 6.76. The smallest absolute Gasteiger partial charge is 0.307 e. The van der Waals surface area contributed by atoms with E-state index in [1.165, 1.54) is 0 Å². The summed E-state index contributed by atoms with van der Waals surface area (Å²) in [6, 6.07) is 14.7. The molecule has 2 aromatic carbocycles. The van der Waals surface area contributed by atoms with Gasteiger partial charge >= 0.3 is 5.97 Å². The van der Waals surface area contributed by atoms with Gasteiger partial charge in [-0.3, -0.25) is 4.79 Å². The number of hydrogen-bond acceptors (Lipinski definition) is 4. The number of carbonyl (C=O) groups is 1. The molecule has 0 radical (unpaired) electrons. The van der Waals surface area contributed by atoms with Crippen LogP contribution in [-0.2, 0) is 34.2 Å². The molecule has 2 N–H and O–H groups in total. The van der Waals surface area contributed by atoms with Crippen molar-refractivity contribution in [3.8, 4) is 0 Å². The Hall–Kier alpha value is -2.38. The molecule has 0 aromatic heterocycles. The second-order valence-electron chi connectivity index (χ2n) is 6.34. The first kappa shape index (κ1) is 19.9. The van der Waals surface area contributed by atoms with Gasteiger partial charge in [0, 0.05) is 26.3 Å². The summed E-state index contributed by atoms with van der Waals surface area (Å²) in [5.41, 5.74) is 3.42. The van der Waals surface area contributed by atoms with Crippen molar-refractivity contribution in [3.63, 3.8) is 0 Å². The summed E-state index contributed by atoms with van der Waals surface area (Å²) in [6.07, 6.45) is 0.353. The van der Waals surface area contributed by atoms with Crippen LogP contribution in [0, 0.1) is 0 Å². The van der Waals surface area contributed by atoms with E-state index in [-0.39, 0.29) is 18.7 Å². The number of nitrogens with zero attached hydrogens (tertiary/aromatic N) is 1. The second kappa shape index (κ2) is 8.82. The highest BCUT2D eigenvalue weighted by molar-refractivity contribution is 7.89. The van der Waals surface area contributed by atoms with E-state index in [9.17, 15) is 13.2 Å². The van der Waals surface area contributed by atoms with Crippen LogP contribution >= 0.6 is 0 Å². The lowest BCUT2D eigenvalue weighted by molar-refractivity contribution is -0.136. The maximum atomic E-state index is 12.2. The molecule has 0 aliphatic heterocycles. The maximum Gasteiger partial charge on any atom is 0.307 e. The quantitative estimate of drug-likeness (QED) is 0.699. The summed E-state index contributed by atoms with van der Waals surface area (Å²) in [4.78, 5) is 12.7. The third kappa shape index (κ3) is 6.50. The van der Waals surface area contributed by atoms with Crippen LogP contribution in [0.5, 0.6) is 0 Å². The number of aliphatic carboxylic acids is 1. The molecule has 7 heteroatoms. The van der Waals surface area contributed by atoms with Crippen molar-refractivity contribution in [2.45, 2.75) is 19.4 Å². The van der Waals surface area contributed by atoms with E-state index in [1.807, 2.05) is 43.3 Å². The molecule has 2 aromatic rings. The summed E-state index contributed by atoms with van der Waals surface area (Å²) in [6.45, 7) is 0.148. The lowest BCUT2D eigenvalue weighted by Crippen LogP contribution is -2.27. The molecule has 2 rings (SSSR count). The molecule has 0 bridgehead atoms. The van der Waals surface area contributed by atoms with Gasteiger partial charge < -0.3 is 10.0 Å². The highest BCUT2D eigenvalue weighted by Crippen LogP contribution is 2.13. The van der Waals surface area contributed by atoms with Crippen LogP contribution in [0.4, 0.5) is 5.69 Å². The zero-order valence-electron chi connectivity index (χ0n) is 15.0. The summed E-state index contributed by atoms with van der Waals surface area (Å²) >= 11 is 0. The average molecular weight is 376 g/mol. The van der Waals surface area contributed by atoms with E-state index in [4.69, 9.17) is 5.11 Å². The SMILES string of the molecule is CN(C)c1ccc(CCS(=O)(=O)NCc2cccc(CC(=O)O)c2)cc1. The molecule has 0 saturated heterocycles. The summed E-state index contributed by atoms with van der Waals surface area (Å²) in [5, 5.41) is 8.83. The normalized spacial score (nSPS) is 11.3. The number of hydrogen-bond donors (Lipinski definition) is 2. The first-order valence-electron chi connectivity index (χ1n) is 8.28. The van der Waals surface area contributed by atoms with E-state index in [1.54, 1.807) is 24.3 Å². The van der Waals surface area contributed by atoms with E-state index < -0.39 is 16.0 Å². The molecule has 6 nitrogen and oxygen atoms in total. The second-order valence-corrected chi connectivity index (χ2v) is 8.27. The molecular formula is C19H24N2O4S. The van der Waals surface area contributed by atoms with Crippen molar-refractivity contribution >= 4 is 21.7 Å². The maximum absolute atomic E-state index is 12.2. The van der Waals surface area contributed by atoms with Crippen molar-refractivity contribution in [2.24, 2.45) is 0 Å². The van der Waals surface area contributed by atoms with Crippen molar-refractivity contribution in [1.29, 1.82) is 0 Å². The fourth-order valence-electron chi connectivity index (χ4n) is 2.50. The van der Waals surface area contributed by atoms with Crippen LogP contribution in [-0.4, -0.2) is 39.3 Å². The van der Waals surface area contributed by atoms with Gasteiger partial charge in [-0.2, -0.15) is 0 Å². The molecule has 140 valence electrons. The molecule has 0 saturated carbocycles. The van der Waals surface area contributed by atoms with Crippen molar-refractivity contribution < 1.29 is 18.3 Å². The minimum Gasteiger partial charge on any atom is -0.481 e. The van der Waals surface area contributed by atoms with Crippen LogP contribution in [0.1, 0.15) is 16.7 Å². The zero-order valence-corrected chi connectivity index (χ0v) is 15.8. The number of carboxylic acid groups (broad SMARTS) is 1. The van der Waals surface area contributed by atoms with Gasteiger partial charge in [-0.25, -0.2) is 13.1 Å². The third-order valence-electron chi connectivity index (χ3n) is 3.96. The summed E-state index contributed by atoms with van der Waals surface area (Å²) in [5.74, 6) is -0.911. The van der Waals surface area contributed by atoms with Crippen molar-refractivity contribution in [1.82, 2.24) is 4.72 Å². The number of nitrogens with one attached hydrogen (secondary N) is 1. The predicted molar refractivity (Wildman–Crippen MR) is 103 cm³/mol. The first-order valence-corrected chi connectivity index (χ1v) is 9.93. The van der Waals surface area contributed by atoms with Gasteiger partial charge in [0.05, 0.1) is 12.2 Å². The monoisotopic (exact) mass is 376 g/mol. The van der Waals surface area contributed by atoms with Crippen LogP contribution in [0.3, 0.4) is 0 Å². The molecule has 0 heterocycles. The Labute approximate surface area is 154 Å². The summed E-state index contributed by atoms with van der Waals surface area (Å²) < 4.78 is 27.0. The third-order valence-corrected chi connectivity index (χ3v) is 5.28. The van der Waals surface area contributed by atoms with Gasteiger partial charge in [0.1, 0.15) is 0 Å². The van der Waals surface area contributed by atoms with Crippen molar-refractivity contribution in [2.75, 3.05) is 24.7 Å². The number of carboxylic acids is 1. The zero-order chi connectivity index (χ0) is 19.2. The van der Waals surface area contributed by atoms with Gasteiger partial charge in [0.25, 0.3) is 0 Å². The average Bonchev–Trinajstić information content (AvgIpc) is 2.58. The van der Waals surface area contributed by atoms with E-state index in [2.05, 4.69) is 4.72 Å². The van der Waals surface area contributed by atoms with E-state index >= 15 is 0 Å². The summed E-state index contributed by atoms with van der Waals surface area (Å²) in [7, 11) is 0.489. The minimum atomic E-state index is -3.42. The minimum absolute atomic E-state index is 0.00310. The topological polar surface area (TPSA) is 86.7 Å². The largest absolute Gasteiger partial charge is 0.481 e. The number of rotatable bonds is 9. The first-order chi connectivity index (χ1) is 12.2. The molecule has 0 fully saturated rings. The lowest BCUT2D eigenvalue weighted by Gasteiger charge is -2.13. The number of sulfonamides is 1. The van der Waals surface area contributed by atoms with Gasteiger partial charge in [0.15, 0.2) is 0 Å². The van der Waals surface area contributed by atoms with Crippen LogP contribution in [0.15, 0.2) is 48.5 Å². The lowest BCUT2D eigenvalue weighted by atomic mass is 10.1. The van der Waals surface area contributed by atoms with Gasteiger partial charge in [-0.1, -0.05) is 36.4 Å². The van der Waals surface area contributed by atoms with Crippen LogP contribution in [0.25, 0.3) is 0 Å². The molecule has 0 amide bonds. The molecule has 0 unspecified atom stereocenters. The molecule has 0 aliphatic rings. The molecule has 26 heavy (non-hydrogen) atoms. The Bertz CT molecular complexity index is 846. The molecule has 0 aliphatic carbocycles. The Morgan fingerprint density at radius 1 is 1.04 bits per heavy atom. The number of anilines is 1. The van der Waals surface area contributed by atoms with Gasteiger partial charge in [-0.15, -0.1) is 0 Å². The van der Waals surface area contributed by atoms with Crippen LogP contribution in [0.2, 0.25) is 0 Å². The molecular weight excluding hydrogens is 352 g/mol. The standard InChI is InChI=1S/C19H24N2O4S/c1-21(2)18-8-6-15(7-9-18)10-11-26(24,25)20-14-17-5-3-4-16(12-17)13-19(22)23/h3-9,12,20H,10-11,13-14H2,1-2H3,(H,22,23). The Balaban J connectivity index is 1.89. The van der Waals surface area contributed by atoms with Crippen LogP contribution < -0.4 is 9.62 Å². The Morgan fingerprint density at radius 3 is 2.31 bits per heavy atom. The fraction of sp³-hybridized carbons (Fsp3) is 0.316.